The van der Waals surface area contributed by atoms with Gasteiger partial charge in [-0.1, -0.05) is 0 Å². The molecule has 1 fully saturated rings. The van der Waals surface area contributed by atoms with Gasteiger partial charge in [0.25, 0.3) is 0 Å². The number of hydrogen-bond donors (Lipinski definition) is 4. The monoisotopic (exact) mass is 270 g/mol. The average molecular weight is 270 g/mol. The first kappa shape index (κ1) is 12.4. The van der Waals surface area contributed by atoms with Crippen LogP contribution < -0.4 is 16.0 Å². The van der Waals surface area contributed by atoms with Crippen LogP contribution in [0, 0.1) is 5.92 Å². The summed E-state index contributed by atoms with van der Waals surface area (Å²) in [5, 5.41) is 6.97. The Kier molecular flexibility index (Phi) is 2.99. The van der Waals surface area contributed by atoms with Crippen LogP contribution >= 0.6 is 12.6 Å². The summed E-state index contributed by atoms with van der Waals surface area (Å²) in [5.74, 6) is -3.80. The van der Waals surface area contributed by atoms with Gasteiger partial charge in [-0.15, -0.1) is 12.6 Å². The number of aromatic nitrogens is 1. The van der Waals surface area contributed by atoms with E-state index in [2.05, 4.69) is 33.6 Å². The summed E-state index contributed by atoms with van der Waals surface area (Å²) in [5.41, 5.74) is 0. The van der Waals surface area contributed by atoms with Crippen molar-refractivity contribution in [3.63, 3.8) is 0 Å². The van der Waals surface area contributed by atoms with Crippen LogP contribution in [0.15, 0.2) is 16.9 Å². The fourth-order valence-corrected chi connectivity index (χ4v) is 1.70. The van der Waals surface area contributed by atoms with E-state index in [-0.39, 0.29) is 6.01 Å². The second-order valence-corrected chi connectivity index (χ2v) is 4.70. The van der Waals surface area contributed by atoms with Crippen LogP contribution in [0.3, 0.4) is 0 Å². The predicted octanol–water partition coefficient (Wildman–Crippen LogP) is -0.921. The third-order valence-corrected chi connectivity index (χ3v) is 2.41. The predicted molar refractivity (Wildman–Crippen MR) is 62.3 cm³/mol. The Hall–Kier alpha value is -2.03. The van der Waals surface area contributed by atoms with Crippen molar-refractivity contribution in [1.82, 2.24) is 15.6 Å². The molecule has 0 saturated carbocycles. The number of anilines is 1. The molecule has 0 atom stereocenters. The number of nitrogens with one attached hydrogen (secondary N) is 3. The van der Waals surface area contributed by atoms with Gasteiger partial charge in [0.1, 0.15) is 6.26 Å². The van der Waals surface area contributed by atoms with Gasteiger partial charge in [0.05, 0.1) is 6.20 Å². The van der Waals surface area contributed by atoms with E-state index in [0.29, 0.717) is 0 Å². The van der Waals surface area contributed by atoms with Crippen molar-refractivity contribution in [2.75, 3.05) is 5.32 Å². The van der Waals surface area contributed by atoms with Crippen LogP contribution in [-0.4, -0.2) is 27.7 Å². The molecule has 0 unspecified atom stereocenters. The molecule has 1 aliphatic heterocycles. The molecule has 8 nitrogen and oxygen atoms in total. The molecule has 0 aliphatic carbocycles. The van der Waals surface area contributed by atoms with E-state index in [1.807, 2.05) is 0 Å². The highest BCUT2D eigenvalue weighted by atomic mass is 32.1. The molecule has 9 heteroatoms. The Morgan fingerprint density at radius 3 is 2.61 bits per heavy atom. The SMILES string of the molecule is CC1(S)NC(=O)C(C(=O)Nc2ncco2)C(=O)N1. The Bertz CT molecular complexity index is 479. The summed E-state index contributed by atoms with van der Waals surface area (Å²) in [6.07, 6.45) is 2.57. The first-order valence-corrected chi connectivity index (χ1v) is 5.40. The van der Waals surface area contributed by atoms with E-state index < -0.39 is 28.6 Å². The van der Waals surface area contributed by atoms with Gasteiger partial charge in [-0.25, -0.2) is 4.98 Å². The average Bonchev–Trinajstić information content (AvgIpc) is 2.66. The topological polar surface area (TPSA) is 113 Å². The third-order valence-electron chi connectivity index (χ3n) is 2.18. The molecular weight excluding hydrogens is 260 g/mol. The van der Waals surface area contributed by atoms with Crippen LogP contribution in [0.1, 0.15) is 6.92 Å². The number of amides is 3. The van der Waals surface area contributed by atoms with Crippen LogP contribution in [0.2, 0.25) is 0 Å². The molecule has 1 saturated heterocycles. The maximum Gasteiger partial charge on any atom is 0.301 e. The highest BCUT2D eigenvalue weighted by Gasteiger charge is 2.43. The van der Waals surface area contributed by atoms with Gasteiger partial charge in [0.15, 0.2) is 10.9 Å². The van der Waals surface area contributed by atoms with Crippen molar-refractivity contribution < 1.29 is 18.8 Å². The van der Waals surface area contributed by atoms with Crippen LogP contribution in [0.5, 0.6) is 0 Å². The Morgan fingerprint density at radius 1 is 1.50 bits per heavy atom. The molecular formula is C9H10N4O4S. The van der Waals surface area contributed by atoms with Crippen molar-refractivity contribution in [2.45, 2.75) is 11.9 Å². The summed E-state index contributed by atoms with van der Waals surface area (Å²) in [7, 11) is 0. The fourth-order valence-electron chi connectivity index (χ4n) is 1.48. The number of carbonyl (C=O) groups excluding carboxylic acids is 3. The van der Waals surface area contributed by atoms with E-state index in [9.17, 15) is 14.4 Å². The van der Waals surface area contributed by atoms with Crippen molar-refractivity contribution in [3.8, 4) is 0 Å². The molecule has 3 amide bonds. The molecule has 3 N–H and O–H groups in total. The summed E-state index contributed by atoms with van der Waals surface area (Å²) >= 11 is 4.01. The zero-order valence-corrected chi connectivity index (χ0v) is 10.2. The molecule has 96 valence electrons. The highest BCUT2D eigenvalue weighted by molar-refractivity contribution is 7.81. The molecule has 0 spiro atoms. The fraction of sp³-hybridized carbons (Fsp3) is 0.333. The minimum atomic E-state index is -1.50. The highest BCUT2D eigenvalue weighted by Crippen LogP contribution is 2.15. The summed E-state index contributed by atoms with van der Waals surface area (Å²) < 4.78 is 4.78. The van der Waals surface area contributed by atoms with Crippen molar-refractivity contribution in [1.29, 1.82) is 0 Å². The van der Waals surface area contributed by atoms with Crippen molar-refractivity contribution >= 4 is 36.4 Å². The Labute approximate surface area is 107 Å². The van der Waals surface area contributed by atoms with Crippen LogP contribution in [0.4, 0.5) is 6.01 Å². The standard InChI is InChI=1S/C9H10N4O4S/c1-9(18)12-6(15)4(7(16)13-9)5(14)11-8-10-2-3-17-8/h2-4,18H,1H3,(H,12,15)(H,13,16)(H,10,11,14). The first-order valence-electron chi connectivity index (χ1n) is 4.96. The van der Waals surface area contributed by atoms with E-state index in [1.165, 1.54) is 19.4 Å². The van der Waals surface area contributed by atoms with Crippen molar-refractivity contribution in [2.24, 2.45) is 5.92 Å². The Morgan fingerprint density at radius 2 is 2.11 bits per heavy atom. The minimum absolute atomic E-state index is 0.0835. The van der Waals surface area contributed by atoms with Gasteiger partial charge >= 0.3 is 6.01 Å². The third kappa shape index (κ3) is 2.45. The van der Waals surface area contributed by atoms with Gasteiger partial charge in [-0.3, -0.25) is 19.7 Å². The molecule has 18 heavy (non-hydrogen) atoms. The number of oxazole rings is 1. The van der Waals surface area contributed by atoms with E-state index in [4.69, 9.17) is 4.42 Å². The van der Waals surface area contributed by atoms with Gasteiger partial charge in [-0.05, 0) is 6.92 Å². The van der Waals surface area contributed by atoms with E-state index in [1.54, 1.807) is 0 Å². The lowest BCUT2D eigenvalue weighted by Crippen LogP contribution is -2.66. The second-order valence-electron chi connectivity index (χ2n) is 3.81. The largest absolute Gasteiger partial charge is 0.432 e. The number of carbonyl (C=O) groups is 3. The molecule has 2 rings (SSSR count). The second kappa shape index (κ2) is 4.33. The molecule has 1 aromatic rings. The molecule has 0 radical (unpaired) electrons. The molecule has 0 aromatic carbocycles. The van der Waals surface area contributed by atoms with Crippen LogP contribution in [-0.2, 0) is 14.4 Å². The number of thiol groups is 1. The zero-order chi connectivity index (χ0) is 13.3. The summed E-state index contributed by atoms with van der Waals surface area (Å²) in [4.78, 5) is 37.5. The van der Waals surface area contributed by atoms with E-state index in [0.717, 1.165) is 0 Å². The number of rotatable bonds is 2. The lowest BCUT2D eigenvalue weighted by Gasteiger charge is -2.33. The van der Waals surface area contributed by atoms with E-state index >= 15 is 0 Å². The number of nitrogens with zero attached hydrogens (tertiary/aromatic N) is 1. The summed E-state index contributed by atoms with van der Waals surface area (Å²) in [6.45, 7) is 1.48. The van der Waals surface area contributed by atoms with Crippen LogP contribution in [0.25, 0.3) is 0 Å². The molecule has 0 bridgehead atoms. The Balaban J connectivity index is 2.11. The molecule has 1 aliphatic rings. The minimum Gasteiger partial charge on any atom is -0.432 e. The summed E-state index contributed by atoms with van der Waals surface area (Å²) in [6, 6.07) is -0.0835. The van der Waals surface area contributed by atoms with Crippen molar-refractivity contribution in [3.05, 3.63) is 12.5 Å². The molecule has 2 heterocycles. The lowest BCUT2D eigenvalue weighted by molar-refractivity contribution is -0.145. The maximum atomic E-state index is 11.7. The van der Waals surface area contributed by atoms with Gasteiger partial charge < -0.3 is 15.1 Å². The van der Waals surface area contributed by atoms with Gasteiger partial charge in [0, 0.05) is 0 Å². The van der Waals surface area contributed by atoms with Gasteiger partial charge in [-0.2, -0.15) is 0 Å². The lowest BCUT2D eigenvalue weighted by atomic mass is 10.0. The molecule has 1 aromatic heterocycles. The number of hydrogen-bond acceptors (Lipinski definition) is 6. The normalized spacial score (nSPS) is 27.3. The zero-order valence-electron chi connectivity index (χ0n) is 9.26. The quantitative estimate of drug-likeness (QED) is 0.410. The van der Waals surface area contributed by atoms with Gasteiger partial charge in [0.2, 0.25) is 17.7 Å². The first-order chi connectivity index (χ1) is 8.39. The maximum absolute atomic E-state index is 11.7. The smallest absolute Gasteiger partial charge is 0.301 e.